The highest BCUT2D eigenvalue weighted by Crippen LogP contribution is 2.09. The summed E-state index contributed by atoms with van der Waals surface area (Å²) in [5.74, 6) is -0.220. The zero-order valence-electron chi connectivity index (χ0n) is 12.7. The second-order valence-corrected chi connectivity index (χ2v) is 5.16. The number of carboxylic acids is 1. The highest BCUT2D eigenvalue weighted by atomic mass is 16.5. The Morgan fingerprint density at radius 1 is 1.38 bits per heavy atom. The third kappa shape index (κ3) is 7.51. The summed E-state index contributed by atoms with van der Waals surface area (Å²) < 4.78 is 5.63. The Kier molecular flexibility index (Phi) is 8.21. The zero-order valence-corrected chi connectivity index (χ0v) is 12.7. The van der Waals surface area contributed by atoms with E-state index < -0.39 is 5.97 Å². The van der Waals surface area contributed by atoms with Gasteiger partial charge in [0.25, 0.3) is 0 Å². The first-order chi connectivity index (χ1) is 10.1. The molecule has 0 aliphatic rings. The SMILES string of the molecule is C=CCN(CCCCOc1ccccc1)CC(C)C(=O)O. The minimum Gasteiger partial charge on any atom is -0.494 e. The molecular weight excluding hydrogens is 266 g/mol. The molecule has 1 atom stereocenters. The van der Waals surface area contributed by atoms with E-state index in [2.05, 4.69) is 11.5 Å². The van der Waals surface area contributed by atoms with Gasteiger partial charge in [-0.25, -0.2) is 0 Å². The van der Waals surface area contributed by atoms with Crippen molar-refractivity contribution in [1.29, 1.82) is 0 Å². The largest absolute Gasteiger partial charge is 0.494 e. The number of hydrogen-bond donors (Lipinski definition) is 1. The number of carbonyl (C=O) groups is 1. The number of rotatable bonds is 11. The number of nitrogens with zero attached hydrogens (tertiary/aromatic N) is 1. The molecule has 0 bridgehead atoms. The molecule has 4 nitrogen and oxygen atoms in total. The van der Waals surface area contributed by atoms with Gasteiger partial charge in [-0.15, -0.1) is 6.58 Å². The number of carboxylic acid groups (broad SMARTS) is 1. The van der Waals surface area contributed by atoms with Crippen molar-refractivity contribution in [2.75, 3.05) is 26.2 Å². The van der Waals surface area contributed by atoms with Gasteiger partial charge in [-0.1, -0.05) is 31.2 Å². The molecular formula is C17H25NO3. The van der Waals surface area contributed by atoms with Crippen molar-refractivity contribution < 1.29 is 14.6 Å². The second-order valence-electron chi connectivity index (χ2n) is 5.16. The van der Waals surface area contributed by atoms with Gasteiger partial charge in [0.05, 0.1) is 12.5 Å². The fourth-order valence-corrected chi connectivity index (χ4v) is 2.05. The van der Waals surface area contributed by atoms with E-state index >= 15 is 0 Å². The van der Waals surface area contributed by atoms with Crippen LogP contribution in [0.4, 0.5) is 0 Å². The van der Waals surface area contributed by atoms with Crippen LogP contribution < -0.4 is 4.74 Å². The summed E-state index contributed by atoms with van der Waals surface area (Å²) in [6, 6.07) is 9.75. The monoisotopic (exact) mass is 291 g/mol. The Balaban J connectivity index is 2.21. The van der Waals surface area contributed by atoms with Gasteiger partial charge in [0.2, 0.25) is 0 Å². The lowest BCUT2D eigenvalue weighted by Gasteiger charge is -2.22. The minimum atomic E-state index is -0.753. The first-order valence-corrected chi connectivity index (χ1v) is 7.37. The van der Waals surface area contributed by atoms with Crippen LogP contribution in [0.3, 0.4) is 0 Å². The first kappa shape index (κ1) is 17.2. The molecule has 4 heteroatoms. The van der Waals surface area contributed by atoms with Crippen molar-refractivity contribution in [2.24, 2.45) is 5.92 Å². The predicted molar refractivity (Wildman–Crippen MR) is 84.6 cm³/mol. The predicted octanol–water partition coefficient (Wildman–Crippen LogP) is 3.05. The summed E-state index contributed by atoms with van der Waals surface area (Å²) in [6.07, 6.45) is 3.74. The Bertz CT molecular complexity index is 419. The molecule has 0 heterocycles. The second kappa shape index (κ2) is 10.00. The van der Waals surface area contributed by atoms with E-state index in [0.29, 0.717) is 13.2 Å². The van der Waals surface area contributed by atoms with Crippen LogP contribution >= 0.6 is 0 Å². The van der Waals surface area contributed by atoms with Crippen LogP contribution in [0, 0.1) is 5.92 Å². The number of aliphatic carboxylic acids is 1. The van der Waals surface area contributed by atoms with E-state index in [-0.39, 0.29) is 5.92 Å². The van der Waals surface area contributed by atoms with Crippen molar-refractivity contribution in [2.45, 2.75) is 19.8 Å². The number of para-hydroxylation sites is 1. The van der Waals surface area contributed by atoms with Gasteiger partial charge in [-0.05, 0) is 31.5 Å². The van der Waals surface area contributed by atoms with Crippen molar-refractivity contribution in [1.82, 2.24) is 4.90 Å². The average molecular weight is 291 g/mol. The van der Waals surface area contributed by atoms with Crippen molar-refractivity contribution in [3.8, 4) is 5.75 Å². The van der Waals surface area contributed by atoms with Gasteiger partial charge >= 0.3 is 5.97 Å². The molecule has 0 spiro atoms. The number of unbranched alkanes of at least 4 members (excludes halogenated alkanes) is 1. The quantitative estimate of drug-likeness (QED) is 0.503. The molecule has 21 heavy (non-hydrogen) atoms. The van der Waals surface area contributed by atoms with Gasteiger partial charge in [0.1, 0.15) is 5.75 Å². The highest BCUT2D eigenvalue weighted by Gasteiger charge is 2.14. The van der Waals surface area contributed by atoms with Crippen molar-refractivity contribution >= 4 is 5.97 Å². The van der Waals surface area contributed by atoms with Crippen molar-refractivity contribution in [3.63, 3.8) is 0 Å². The number of hydrogen-bond acceptors (Lipinski definition) is 3. The molecule has 0 aliphatic carbocycles. The molecule has 116 valence electrons. The van der Waals surface area contributed by atoms with Crippen LogP contribution in [-0.4, -0.2) is 42.2 Å². The Labute approximate surface area is 127 Å². The molecule has 0 saturated heterocycles. The molecule has 0 saturated carbocycles. The molecule has 0 aromatic heterocycles. The smallest absolute Gasteiger partial charge is 0.307 e. The molecule has 1 unspecified atom stereocenters. The van der Waals surface area contributed by atoms with Crippen LogP contribution in [-0.2, 0) is 4.79 Å². The van der Waals surface area contributed by atoms with E-state index in [1.54, 1.807) is 6.92 Å². The molecule has 1 rings (SSSR count). The molecule has 0 aliphatic heterocycles. The van der Waals surface area contributed by atoms with Crippen LogP contribution in [0.25, 0.3) is 0 Å². The van der Waals surface area contributed by atoms with Gasteiger partial charge in [0.15, 0.2) is 0 Å². The Hall–Kier alpha value is -1.81. The summed E-state index contributed by atoms with van der Waals surface area (Å²) in [5.41, 5.74) is 0. The zero-order chi connectivity index (χ0) is 15.5. The fourth-order valence-electron chi connectivity index (χ4n) is 2.05. The third-order valence-corrected chi connectivity index (χ3v) is 3.22. The summed E-state index contributed by atoms with van der Waals surface area (Å²) in [5, 5.41) is 8.96. The molecule has 1 aromatic rings. The van der Waals surface area contributed by atoms with Crippen LogP contribution in [0.15, 0.2) is 43.0 Å². The molecule has 0 amide bonds. The van der Waals surface area contributed by atoms with Gasteiger partial charge in [-0.2, -0.15) is 0 Å². The Morgan fingerprint density at radius 3 is 2.71 bits per heavy atom. The van der Waals surface area contributed by atoms with E-state index in [4.69, 9.17) is 9.84 Å². The lowest BCUT2D eigenvalue weighted by atomic mass is 10.1. The fraction of sp³-hybridized carbons (Fsp3) is 0.471. The summed E-state index contributed by atoms with van der Waals surface area (Å²) >= 11 is 0. The van der Waals surface area contributed by atoms with Gasteiger partial charge < -0.3 is 9.84 Å². The molecule has 0 fully saturated rings. The van der Waals surface area contributed by atoms with E-state index in [1.807, 2.05) is 36.4 Å². The summed E-state index contributed by atoms with van der Waals surface area (Å²) in [4.78, 5) is 13.0. The van der Waals surface area contributed by atoms with Crippen LogP contribution in [0.2, 0.25) is 0 Å². The van der Waals surface area contributed by atoms with Crippen LogP contribution in [0.1, 0.15) is 19.8 Å². The maximum Gasteiger partial charge on any atom is 0.307 e. The lowest BCUT2D eigenvalue weighted by Crippen LogP contribution is -2.33. The topological polar surface area (TPSA) is 49.8 Å². The highest BCUT2D eigenvalue weighted by molar-refractivity contribution is 5.69. The molecule has 1 N–H and O–H groups in total. The normalized spacial score (nSPS) is 12.1. The van der Waals surface area contributed by atoms with Gasteiger partial charge in [0, 0.05) is 13.1 Å². The lowest BCUT2D eigenvalue weighted by molar-refractivity contribution is -0.141. The van der Waals surface area contributed by atoms with E-state index in [0.717, 1.165) is 31.7 Å². The standard InChI is InChI=1S/C17H25NO3/c1-3-11-18(14-15(2)17(19)20)12-7-8-13-21-16-9-5-4-6-10-16/h3-6,9-10,15H,1,7-8,11-14H2,2H3,(H,19,20). The Morgan fingerprint density at radius 2 is 2.10 bits per heavy atom. The van der Waals surface area contributed by atoms with E-state index in [1.165, 1.54) is 0 Å². The summed E-state index contributed by atoms with van der Waals surface area (Å²) in [6.45, 7) is 8.28. The van der Waals surface area contributed by atoms with E-state index in [9.17, 15) is 4.79 Å². The van der Waals surface area contributed by atoms with Crippen molar-refractivity contribution in [3.05, 3.63) is 43.0 Å². The maximum absolute atomic E-state index is 10.9. The van der Waals surface area contributed by atoms with Crippen LogP contribution in [0.5, 0.6) is 5.75 Å². The number of benzene rings is 1. The summed E-state index contributed by atoms with van der Waals surface area (Å²) in [7, 11) is 0. The molecule has 1 aromatic carbocycles. The first-order valence-electron chi connectivity index (χ1n) is 7.37. The molecule has 0 radical (unpaired) electrons. The van der Waals surface area contributed by atoms with Gasteiger partial charge in [-0.3, -0.25) is 9.69 Å². The average Bonchev–Trinajstić information content (AvgIpc) is 2.48. The third-order valence-electron chi connectivity index (χ3n) is 3.22. The number of ether oxygens (including phenoxy) is 1. The maximum atomic E-state index is 10.9. The minimum absolute atomic E-state index is 0.356.